The average Bonchev–Trinajstić information content (AvgIpc) is 2.66. The zero-order chi connectivity index (χ0) is 18.5. The molecule has 0 atom stereocenters. The summed E-state index contributed by atoms with van der Waals surface area (Å²) in [5.74, 6) is -1.09. The maximum Gasteiger partial charge on any atom is 0.322 e. The van der Waals surface area contributed by atoms with Crippen LogP contribution >= 0.6 is 0 Å². The zero-order valence-electron chi connectivity index (χ0n) is 14.3. The largest absolute Gasteiger partial charge is 0.480 e. The SMILES string of the molecule is CN(Cc1cccc2ncccc12)C(=O)c1cccc(NCC(=O)O)c1. The van der Waals surface area contributed by atoms with Gasteiger partial charge < -0.3 is 15.3 Å². The van der Waals surface area contributed by atoms with Gasteiger partial charge in [-0.05, 0) is 35.9 Å². The molecule has 1 heterocycles. The molecule has 0 aliphatic carbocycles. The molecule has 1 aromatic heterocycles. The molecule has 0 spiro atoms. The maximum atomic E-state index is 12.7. The number of fused-ring (bicyclic) bond motifs is 1. The topological polar surface area (TPSA) is 82.5 Å². The first-order valence-electron chi connectivity index (χ1n) is 8.18. The molecule has 0 unspecified atom stereocenters. The number of rotatable bonds is 6. The van der Waals surface area contributed by atoms with Crippen LogP contribution in [0.3, 0.4) is 0 Å². The molecule has 6 heteroatoms. The minimum atomic E-state index is -0.955. The summed E-state index contributed by atoms with van der Waals surface area (Å²) in [6, 6.07) is 16.6. The van der Waals surface area contributed by atoms with Crippen molar-refractivity contribution in [3.8, 4) is 0 Å². The van der Waals surface area contributed by atoms with Crippen LogP contribution in [-0.4, -0.2) is 40.5 Å². The van der Waals surface area contributed by atoms with Crippen molar-refractivity contribution in [1.82, 2.24) is 9.88 Å². The number of aliphatic carboxylic acids is 1. The average molecular weight is 349 g/mol. The third-order valence-electron chi connectivity index (χ3n) is 4.04. The van der Waals surface area contributed by atoms with Crippen LogP contribution in [0.2, 0.25) is 0 Å². The molecule has 0 bridgehead atoms. The van der Waals surface area contributed by atoms with Crippen molar-refractivity contribution in [3.05, 3.63) is 71.9 Å². The Labute approximate surface area is 151 Å². The van der Waals surface area contributed by atoms with E-state index in [2.05, 4.69) is 10.3 Å². The fourth-order valence-corrected chi connectivity index (χ4v) is 2.79. The van der Waals surface area contributed by atoms with Crippen molar-refractivity contribution in [3.63, 3.8) is 0 Å². The van der Waals surface area contributed by atoms with Crippen LogP contribution < -0.4 is 5.32 Å². The molecule has 6 nitrogen and oxygen atoms in total. The Bertz CT molecular complexity index is 950. The van der Waals surface area contributed by atoms with Gasteiger partial charge >= 0.3 is 5.97 Å². The van der Waals surface area contributed by atoms with Crippen LogP contribution in [0, 0.1) is 0 Å². The number of carboxylic acid groups (broad SMARTS) is 1. The number of pyridine rings is 1. The van der Waals surface area contributed by atoms with E-state index in [4.69, 9.17) is 5.11 Å². The van der Waals surface area contributed by atoms with Gasteiger partial charge in [-0.3, -0.25) is 14.6 Å². The lowest BCUT2D eigenvalue weighted by molar-refractivity contribution is -0.134. The Balaban J connectivity index is 1.77. The van der Waals surface area contributed by atoms with E-state index in [0.29, 0.717) is 17.8 Å². The number of hydrogen-bond acceptors (Lipinski definition) is 4. The van der Waals surface area contributed by atoms with E-state index in [9.17, 15) is 9.59 Å². The third kappa shape index (κ3) is 3.97. The highest BCUT2D eigenvalue weighted by molar-refractivity contribution is 5.95. The van der Waals surface area contributed by atoms with Crippen LogP contribution in [0.5, 0.6) is 0 Å². The number of anilines is 1. The van der Waals surface area contributed by atoms with E-state index in [-0.39, 0.29) is 12.5 Å². The van der Waals surface area contributed by atoms with Crippen LogP contribution in [-0.2, 0) is 11.3 Å². The van der Waals surface area contributed by atoms with Crippen LogP contribution in [0.1, 0.15) is 15.9 Å². The highest BCUT2D eigenvalue weighted by atomic mass is 16.4. The molecule has 2 N–H and O–H groups in total. The summed E-state index contributed by atoms with van der Waals surface area (Å²) < 4.78 is 0. The van der Waals surface area contributed by atoms with Crippen molar-refractivity contribution in [1.29, 1.82) is 0 Å². The van der Waals surface area contributed by atoms with Crippen molar-refractivity contribution in [2.24, 2.45) is 0 Å². The molecule has 26 heavy (non-hydrogen) atoms. The monoisotopic (exact) mass is 349 g/mol. The first-order valence-corrected chi connectivity index (χ1v) is 8.18. The predicted molar refractivity (Wildman–Crippen MR) is 100 cm³/mol. The molecule has 1 amide bonds. The first kappa shape index (κ1) is 17.4. The van der Waals surface area contributed by atoms with E-state index < -0.39 is 5.97 Å². The number of carboxylic acids is 1. The fourth-order valence-electron chi connectivity index (χ4n) is 2.79. The number of hydrogen-bond donors (Lipinski definition) is 2. The summed E-state index contributed by atoms with van der Waals surface area (Å²) in [5.41, 5.74) is 3.01. The van der Waals surface area contributed by atoms with Gasteiger partial charge in [-0.1, -0.05) is 24.3 Å². The van der Waals surface area contributed by atoms with Crippen LogP contribution in [0.4, 0.5) is 5.69 Å². The highest BCUT2D eigenvalue weighted by Crippen LogP contribution is 2.19. The molecular formula is C20H19N3O3. The Morgan fingerprint density at radius 2 is 1.92 bits per heavy atom. The molecular weight excluding hydrogens is 330 g/mol. The minimum Gasteiger partial charge on any atom is -0.480 e. The lowest BCUT2D eigenvalue weighted by Crippen LogP contribution is -2.26. The lowest BCUT2D eigenvalue weighted by Gasteiger charge is -2.19. The van der Waals surface area contributed by atoms with Gasteiger partial charge in [0, 0.05) is 36.4 Å². The van der Waals surface area contributed by atoms with Gasteiger partial charge in [0.15, 0.2) is 0 Å². The molecule has 2 aromatic carbocycles. The fraction of sp³-hybridized carbons (Fsp3) is 0.150. The Hall–Kier alpha value is -3.41. The second-order valence-electron chi connectivity index (χ2n) is 5.98. The third-order valence-corrected chi connectivity index (χ3v) is 4.04. The molecule has 0 saturated carbocycles. The van der Waals surface area contributed by atoms with Gasteiger partial charge in [-0.25, -0.2) is 0 Å². The molecule has 0 radical (unpaired) electrons. The number of nitrogens with zero attached hydrogens (tertiary/aromatic N) is 2. The molecule has 3 aromatic rings. The van der Waals surface area contributed by atoms with E-state index in [1.807, 2.05) is 30.3 Å². The number of carbonyl (C=O) groups excluding carboxylic acids is 1. The normalized spacial score (nSPS) is 10.5. The second-order valence-corrected chi connectivity index (χ2v) is 5.98. The van der Waals surface area contributed by atoms with E-state index >= 15 is 0 Å². The Morgan fingerprint density at radius 1 is 1.12 bits per heavy atom. The van der Waals surface area contributed by atoms with Crippen molar-refractivity contribution >= 4 is 28.5 Å². The first-order chi connectivity index (χ1) is 12.5. The zero-order valence-corrected chi connectivity index (χ0v) is 14.3. The highest BCUT2D eigenvalue weighted by Gasteiger charge is 2.14. The van der Waals surface area contributed by atoms with Gasteiger partial charge in [0.1, 0.15) is 6.54 Å². The number of carbonyl (C=O) groups is 2. The summed E-state index contributed by atoms with van der Waals surface area (Å²) in [4.78, 5) is 29.4. The maximum absolute atomic E-state index is 12.7. The molecule has 132 valence electrons. The Kier molecular flexibility index (Phi) is 5.12. The quantitative estimate of drug-likeness (QED) is 0.715. The second kappa shape index (κ2) is 7.65. The molecule has 0 aliphatic heterocycles. The standard InChI is InChI=1S/C20H19N3O3/c1-23(13-15-6-3-9-18-17(15)8-4-10-21-18)20(26)14-5-2-7-16(11-14)22-12-19(24)25/h2-11,22H,12-13H2,1H3,(H,24,25). The van der Waals surface area contributed by atoms with E-state index in [1.54, 1.807) is 42.4 Å². The summed E-state index contributed by atoms with van der Waals surface area (Å²) in [6.45, 7) is 0.255. The number of nitrogens with one attached hydrogen (secondary N) is 1. The van der Waals surface area contributed by atoms with Crippen molar-refractivity contribution < 1.29 is 14.7 Å². The van der Waals surface area contributed by atoms with Crippen molar-refractivity contribution in [2.75, 3.05) is 18.9 Å². The van der Waals surface area contributed by atoms with E-state index in [0.717, 1.165) is 16.5 Å². The van der Waals surface area contributed by atoms with Gasteiger partial charge in [0.05, 0.1) is 5.52 Å². The van der Waals surface area contributed by atoms with Crippen LogP contribution in [0.25, 0.3) is 10.9 Å². The summed E-state index contributed by atoms with van der Waals surface area (Å²) in [6.07, 6.45) is 1.75. The number of amides is 1. The summed E-state index contributed by atoms with van der Waals surface area (Å²) in [5, 5.41) is 12.5. The van der Waals surface area contributed by atoms with Crippen molar-refractivity contribution in [2.45, 2.75) is 6.54 Å². The van der Waals surface area contributed by atoms with Gasteiger partial charge in [-0.15, -0.1) is 0 Å². The molecule has 0 aliphatic rings. The van der Waals surface area contributed by atoms with Gasteiger partial charge in [-0.2, -0.15) is 0 Å². The molecule has 3 rings (SSSR count). The summed E-state index contributed by atoms with van der Waals surface area (Å²) in [7, 11) is 1.74. The minimum absolute atomic E-state index is 0.134. The smallest absolute Gasteiger partial charge is 0.322 e. The summed E-state index contributed by atoms with van der Waals surface area (Å²) >= 11 is 0. The lowest BCUT2D eigenvalue weighted by atomic mass is 10.1. The van der Waals surface area contributed by atoms with Crippen LogP contribution in [0.15, 0.2) is 60.8 Å². The number of aromatic nitrogens is 1. The predicted octanol–water partition coefficient (Wildman–Crippen LogP) is 3.00. The molecule has 0 saturated heterocycles. The van der Waals surface area contributed by atoms with Gasteiger partial charge in [0.25, 0.3) is 5.91 Å². The molecule has 0 fully saturated rings. The number of benzene rings is 2. The van der Waals surface area contributed by atoms with E-state index in [1.165, 1.54) is 0 Å². The van der Waals surface area contributed by atoms with Gasteiger partial charge in [0.2, 0.25) is 0 Å². The Morgan fingerprint density at radius 3 is 2.73 bits per heavy atom.